The van der Waals surface area contributed by atoms with Crippen molar-refractivity contribution >= 4 is 23.0 Å². The summed E-state index contributed by atoms with van der Waals surface area (Å²) in [5, 5.41) is 7.70. The Kier molecular flexibility index (Phi) is 4.69. The van der Waals surface area contributed by atoms with E-state index < -0.39 is 0 Å². The smallest absolute Gasteiger partial charge is 0.187 e. The van der Waals surface area contributed by atoms with E-state index in [1.165, 1.54) is 0 Å². The Morgan fingerprint density at radius 1 is 1.21 bits per heavy atom. The molecule has 5 heteroatoms. The first kappa shape index (κ1) is 13.3. The number of thiocarbonyl (C=S) groups is 1. The van der Waals surface area contributed by atoms with Crippen molar-refractivity contribution < 1.29 is 4.42 Å². The maximum atomic E-state index is 5.19. The van der Waals surface area contributed by atoms with Gasteiger partial charge in [0.25, 0.3) is 0 Å². The molecule has 0 bridgehead atoms. The van der Waals surface area contributed by atoms with Gasteiger partial charge in [-0.15, -0.1) is 0 Å². The molecule has 0 spiro atoms. The highest BCUT2D eigenvalue weighted by Gasteiger charge is 1.99. The molecule has 1 heterocycles. The fourth-order valence-corrected chi connectivity index (χ4v) is 1.62. The van der Waals surface area contributed by atoms with Crippen LogP contribution in [-0.4, -0.2) is 10.8 Å². The fraction of sp³-hybridized carbons (Fsp3) is 0.143. The zero-order valence-electron chi connectivity index (χ0n) is 10.6. The number of furan rings is 1. The summed E-state index contributed by atoms with van der Waals surface area (Å²) in [5.74, 6) is 0.827. The van der Waals surface area contributed by atoms with Gasteiger partial charge in [-0.3, -0.25) is 5.43 Å². The molecule has 0 aliphatic heterocycles. The van der Waals surface area contributed by atoms with E-state index in [0.717, 1.165) is 17.0 Å². The molecule has 2 rings (SSSR count). The van der Waals surface area contributed by atoms with Crippen LogP contribution in [0, 0.1) is 0 Å². The lowest BCUT2D eigenvalue weighted by Crippen LogP contribution is -2.32. The fourth-order valence-electron chi connectivity index (χ4n) is 1.50. The van der Waals surface area contributed by atoms with Crippen molar-refractivity contribution in [3.8, 4) is 0 Å². The van der Waals surface area contributed by atoms with Crippen LogP contribution in [0.4, 0.5) is 0 Å². The molecule has 0 saturated carbocycles. The first-order valence-corrected chi connectivity index (χ1v) is 6.32. The normalized spacial score (nSPS) is 11.1. The molecular formula is C14H15N3OS. The molecule has 0 atom stereocenters. The van der Waals surface area contributed by atoms with Gasteiger partial charge in [0.05, 0.1) is 18.5 Å². The maximum Gasteiger partial charge on any atom is 0.187 e. The highest BCUT2D eigenvalue weighted by atomic mass is 32.1. The van der Waals surface area contributed by atoms with Crippen molar-refractivity contribution in [2.75, 3.05) is 0 Å². The van der Waals surface area contributed by atoms with E-state index in [1.54, 1.807) is 6.26 Å². The van der Waals surface area contributed by atoms with Crippen LogP contribution in [0.1, 0.15) is 18.2 Å². The number of nitrogens with one attached hydrogen (secondary N) is 2. The Morgan fingerprint density at radius 3 is 2.68 bits per heavy atom. The zero-order chi connectivity index (χ0) is 13.5. The second-order valence-electron chi connectivity index (χ2n) is 3.94. The average Bonchev–Trinajstić information content (AvgIpc) is 2.96. The van der Waals surface area contributed by atoms with Crippen LogP contribution in [0.3, 0.4) is 0 Å². The number of hydrazone groups is 1. The SMILES string of the molecule is CC(=NNC(=S)NCc1ccco1)c1ccccc1. The largest absolute Gasteiger partial charge is 0.467 e. The van der Waals surface area contributed by atoms with Gasteiger partial charge in [-0.2, -0.15) is 5.10 Å². The van der Waals surface area contributed by atoms with E-state index in [-0.39, 0.29) is 0 Å². The Bertz CT molecular complexity index is 549. The molecule has 0 radical (unpaired) electrons. The molecule has 1 aromatic heterocycles. The molecule has 4 nitrogen and oxygen atoms in total. The van der Waals surface area contributed by atoms with E-state index in [0.29, 0.717) is 11.7 Å². The van der Waals surface area contributed by atoms with Crippen molar-refractivity contribution in [3.05, 3.63) is 60.1 Å². The Hall–Kier alpha value is -2.14. The van der Waals surface area contributed by atoms with Crippen molar-refractivity contribution in [2.45, 2.75) is 13.5 Å². The molecule has 1 aromatic carbocycles. The van der Waals surface area contributed by atoms with E-state index in [4.69, 9.17) is 16.6 Å². The molecule has 98 valence electrons. The second-order valence-corrected chi connectivity index (χ2v) is 4.35. The predicted octanol–water partition coefficient (Wildman–Crippen LogP) is 2.67. The van der Waals surface area contributed by atoms with Gasteiger partial charge in [0.2, 0.25) is 0 Å². The van der Waals surface area contributed by atoms with Crippen LogP contribution >= 0.6 is 12.2 Å². The van der Waals surface area contributed by atoms with Gasteiger partial charge in [0.1, 0.15) is 5.76 Å². The highest BCUT2D eigenvalue weighted by Crippen LogP contribution is 2.00. The summed E-state index contributed by atoms with van der Waals surface area (Å²) in [4.78, 5) is 0. The summed E-state index contributed by atoms with van der Waals surface area (Å²) in [6.07, 6.45) is 1.63. The van der Waals surface area contributed by atoms with Crippen molar-refractivity contribution in [1.82, 2.24) is 10.7 Å². The van der Waals surface area contributed by atoms with Crippen LogP contribution < -0.4 is 10.7 Å². The third-order valence-electron chi connectivity index (χ3n) is 2.52. The third-order valence-corrected chi connectivity index (χ3v) is 2.76. The van der Waals surface area contributed by atoms with Crippen LogP contribution in [-0.2, 0) is 6.54 Å². The molecule has 0 amide bonds. The number of hydrogen-bond acceptors (Lipinski definition) is 3. The van der Waals surface area contributed by atoms with Crippen LogP contribution in [0.2, 0.25) is 0 Å². The first-order chi connectivity index (χ1) is 9.25. The summed E-state index contributed by atoms with van der Waals surface area (Å²) < 4.78 is 5.19. The standard InChI is InChI=1S/C14H15N3OS/c1-11(12-6-3-2-4-7-12)16-17-14(19)15-10-13-8-5-9-18-13/h2-9H,10H2,1H3,(H2,15,17,19). The summed E-state index contributed by atoms with van der Waals surface area (Å²) in [6.45, 7) is 2.47. The number of rotatable bonds is 4. The molecule has 0 aliphatic carbocycles. The lowest BCUT2D eigenvalue weighted by molar-refractivity contribution is 0.502. The topological polar surface area (TPSA) is 49.6 Å². The molecular weight excluding hydrogens is 258 g/mol. The molecule has 0 aliphatic rings. The summed E-state index contributed by atoms with van der Waals surface area (Å²) >= 11 is 5.12. The predicted molar refractivity (Wildman–Crippen MR) is 79.9 cm³/mol. The average molecular weight is 273 g/mol. The Balaban J connectivity index is 1.82. The van der Waals surface area contributed by atoms with Crippen molar-refractivity contribution in [3.63, 3.8) is 0 Å². The van der Waals surface area contributed by atoms with Gasteiger partial charge in [-0.05, 0) is 36.8 Å². The molecule has 19 heavy (non-hydrogen) atoms. The second kappa shape index (κ2) is 6.70. The van der Waals surface area contributed by atoms with Crippen molar-refractivity contribution in [2.24, 2.45) is 5.10 Å². The molecule has 2 aromatic rings. The van der Waals surface area contributed by atoms with Crippen molar-refractivity contribution in [1.29, 1.82) is 0 Å². The van der Waals surface area contributed by atoms with E-state index >= 15 is 0 Å². The Labute approximate surface area is 117 Å². The van der Waals surface area contributed by atoms with Crippen LogP contribution in [0.5, 0.6) is 0 Å². The lowest BCUT2D eigenvalue weighted by Gasteiger charge is -2.06. The molecule has 0 saturated heterocycles. The van der Waals surface area contributed by atoms with E-state index in [9.17, 15) is 0 Å². The molecule has 0 unspecified atom stereocenters. The van der Waals surface area contributed by atoms with Crippen LogP contribution in [0.15, 0.2) is 58.2 Å². The first-order valence-electron chi connectivity index (χ1n) is 5.91. The summed E-state index contributed by atoms with van der Waals surface area (Å²) in [6, 6.07) is 13.6. The lowest BCUT2D eigenvalue weighted by atomic mass is 10.1. The summed E-state index contributed by atoms with van der Waals surface area (Å²) in [7, 11) is 0. The third kappa shape index (κ3) is 4.22. The highest BCUT2D eigenvalue weighted by molar-refractivity contribution is 7.80. The van der Waals surface area contributed by atoms with Gasteiger partial charge >= 0.3 is 0 Å². The van der Waals surface area contributed by atoms with Gasteiger partial charge < -0.3 is 9.73 Å². The van der Waals surface area contributed by atoms with Crippen LogP contribution in [0.25, 0.3) is 0 Å². The molecule has 0 fully saturated rings. The van der Waals surface area contributed by atoms with Gasteiger partial charge in [0.15, 0.2) is 5.11 Å². The summed E-state index contributed by atoms with van der Waals surface area (Å²) in [5.41, 5.74) is 4.75. The van der Waals surface area contributed by atoms with E-state index in [2.05, 4.69) is 15.8 Å². The molecule has 2 N–H and O–H groups in total. The monoisotopic (exact) mass is 273 g/mol. The number of benzene rings is 1. The minimum atomic E-state index is 0.465. The minimum absolute atomic E-state index is 0.465. The minimum Gasteiger partial charge on any atom is -0.467 e. The zero-order valence-corrected chi connectivity index (χ0v) is 11.4. The quantitative estimate of drug-likeness (QED) is 0.511. The Morgan fingerprint density at radius 2 is 2.00 bits per heavy atom. The van der Waals surface area contributed by atoms with Gasteiger partial charge in [-0.1, -0.05) is 30.3 Å². The van der Waals surface area contributed by atoms with Gasteiger partial charge in [0, 0.05) is 0 Å². The maximum absolute atomic E-state index is 5.19. The van der Waals surface area contributed by atoms with Gasteiger partial charge in [-0.25, -0.2) is 0 Å². The number of nitrogens with zero attached hydrogens (tertiary/aromatic N) is 1. The number of hydrogen-bond donors (Lipinski definition) is 2. The van der Waals surface area contributed by atoms with E-state index in [1.807, 2.05) is 49.4 Å².